The highest BCUT2D eigenvalue weighted by Crippen LogP contribution is 2.24. The minimum Gasteiger partial charge on any atom is -0.330 e. The lowest BCUT2D eigenvalue weighted by Crippen LogP contribution is -2.08. The van der Waals surface area contributed by atoms with Crippen LogP contribution in [0.1, 0.15) is 24.8 Å². The Morgan fingerprint density at radius 1 is 1.31 bits per heavy atom. The SMILES string of the molecule is CC(CCN)c1ccccc1-n1cccn1. The van der Waals surface area contributed by atoms with Crippen LogP contribution < -0.4 is 5.73 Å². The maximum Gasteiger partial charge on any atom is 0.0680 e. The van der Waals surface area contributed by atoms with E-state index in [-0.39, 0.29) is 0 Å². The van der Waals surface area contributed by atoms with Gasteiger partial charge in [-0.1, -0.05) is 25.1 Å². The van der Waals surface area contributed by atoms with Crippen LogP contribution in [0, 0.1) is 0 Å². The van der Waals surface area contributed by atoms with E-state index in [9.17, 15) is 0 Å². The molecule has 16 heavy (non-hydrogen) atoms. The summed E-state index contributed by atoms with van der Waals surface area (Å²) in [5.74, 6) is 0.463. The van der Waals surface area contributed by atoms with Crippen molar-refractivity contribution in [3.63, 3.8) is 0 Å². The minimum atomic E-state index is 0.463. The molecule has 3 heteroatoms. The molecule has 0 radical (unpaired) electrons. The van der Waals surface area contributed by atoms with Gasteiger partial charge >= 0.3 is 0 Å². The van der Waals surface area contributed by atoms with Gasteiger partial charge in [0.05, 0.1) is 5.69 Å². The van der Waals surface area contributed by atoms with E-state index in [4.69, 9.17) is 5.73 Å². The van der Waals surface area contributed by atoms with Crippen molar-refractivity contribution in [2.24, 2.45) is 5.73 Å². The second-order valence-corrected chi connectivity index (χ2v) is 3.99. The predicted octanol–water partition coefficient (Wildman–Crippen LogP) is 2.32. The fraction of sp³-hybridized carbons (Fsp3) is 0.308. The first-order chi connectivity index (χ1) is 7.83. The number of hydrogen-bond acceptors (Lipinski definition) is 2. The van der Waals surface area contributed by atoms with Gasteiger partial charge in [0.15, 0.2) is 0 Å². The van der Waals surface area contributed by atoms with Gasteiger partial charge in [-0.25, -0.2) is 4.68 Å². The fourth-order valence-corrected chi connectivity index (χ4v) is 1.93. The van der Waals surface area contributed by atoms with E-state index >= 15 is 0 Å². The smallest absolute Gasteiger partial charge is 0.0680 e. The number of rotatable bonds is 4. The predicted molar refractivity (Wildman–Crippen MR) is 65.7 cm³/mol. The lowest BCUT2D eigenvalue weighted by Gasteiger charge is -2.15. The Morgan fingerprint density at radius 3 is 2.81 bits per heavy atom. The zero-order valence-electron chi connectivity index (χ0n) is 9.50. The molecule has 0 fully saturated rings. The van der Waals surface area contributed by atoms with Gasteiger partial charge in [0.1, 0.15) is 0 Å². The lowest BCUT2D eigenvalue weighted by atomic mass is 9.96. The maximum atomic E-state index is 5.61. The van der Waals surface area contributed by atoms with Gasteiger partial charge in [-0.05, 0) is 36.6 Å². The highest BCUT2D eigenvalue weighted by Gasteiger charge is 2.10. The molecule has 0 aliphatic rings. The Balaban J connectivity index is 2.38. The topological polar surface area (TPSA) is 43.8 Å². The molecule has 84 valence electrons. The molecule has 0 saturated carbocycles. The molecule has 0 saturated heterocycles. The van der Waals surface area contributed by atoms with Gasteiger partial charge in [0.25, 0.3) is 0 Å². The normalized spacial score (nSPS) is 12.6. The van der Waals surface area contributed by atoms with Crippen LogP contribution in [0.3, 0.4) is 0 Å². The van der Waals surface area contributed by atoms with Crippen molar-refractivity contribution in [2.75, 3.05) is 6.54 Å². The number of hydrogen-bond donors (Lipinski definition) is 1. The van der Waals surface area contributed by atoms with Crippen LogP contribution in [-0.4, -0.2) is 16.3 Å². The number of aromatic nitrogens is 2. The molecule has 1 heterocycles. The van der Waals surface area contributed by atoms with E-state index in [1.54, 1.807) is 6.20 Å². The molecule has 3 nitrogen and oxygen atoms in total. The molecule has 0 aliphatic heterocycles. The van der Waals surface area contributed by atoms with Crippen molar-refractivity contribution >= 4 is 0 Å². The van der Waals surface area contributed by atoms with Gasteiger partial charge in [-0.3, -0.25) is 0 Å². The van der Waals surface area contributed by atoms with E-state index in [2.05, 4.69) is 30.2 Å². The van der Waals surface area contributed by atoms with Crippen molar-refractivity contribution in [3.05, 3.63) is 48.3 Å². The Morgan fingerprint density at radius 2 is 2.12 bits per heavy atom. The Hall–Kier alpha value is -1.61. The molecule has 1 atom stereocenters. The number of nitrogens with zero attached hydrogens (tertiary/aromatic N) is 2. The summed E-state index contributed by atoms with van der Waals surface area (Å²) >= 11 is 0. The maximum absolute atomic E-state index is 5.61. The van der Waals surface area contributed by atoms with Crippen molar-refractivity contribution in [2.45, 2.75) is 19.3 Å². The first-order valence-electron chi connectivity index (χ1n) is 5.62. The molecule has 1 aromatic heterocycles. The number of para-hydroxylation sites is 1. The van der Waals surface area contributed by atoms with E-state index in [1.165, 1.54) is 5.56 Å². The summed E-state index contributed by atoms with van der Waals surface area (Å²) in [6.45, 7) is 2.92. The fourth-order valence-electron chi connectivity index (χ4n) is 1.93. The van der Waals surface area contributed by atoms with Crippen molar-refractivity contribution in [3.8, 4) is 5.69 Å². The molecule has 0 bridgehead atoms. The zero-order valence-corrected chi connectivity index (χ0v) is 9.50. The van der Waals surface area contributed by atoms with E-state index in [0.717, 1.165) is 12.1 Å². The van der Waals surface area contributed by atoms with Crippen LogP contribution >= 0.6 is 0 Å². The number of benzene rings is 1. The van der Waals surface area contributed by atoms with Crippen LogP contribution in [0.25, 0.3) is 5.69 Å². The van der Waals surface area contributed by atoms with Crippen molar-refractivity contribution < 1.29 is 0 Å². The molecule has 0 aliphatic carbocycles. The van der Waals surface area contributed by atoms with Gasteiger partial charge in [-0.15, -0.1) is 0 Å². The minimum absolute atomic E-state index is 0.463. The lowest BCUT2D eigenvalue weighted by molar-refractivity contribution is 0.680. The van der Waals surface area contributed by atoms with Gasteiger partial charge in [0.2, 0.25) is 0 Å². The molecule has 2 aromatic rings. The van der Waals surface area contributed by atoms with Crippen LogP contribution in [-0.2, 0) is 0 Å². The van der Waals surface area contributed by atoms with Crippen LogP contribution in [0.15, 0.2) is 42.7 Å². The van der Waals surface area contributed by atoms with Crippen LogP contribution in [0.4, 0.5) is 0 Å². The summed E-state index contributed by atoms with van der Waals surface area (Å²) in [5.41, 5.74) is 8.06. The molecule has 1 unspecified atom stereocenters. The third kappa shape index (κ3) is 2.14. The standard InChI is InChI=1S/C13H17N3/c1-11(7-8-14)12-5-2-3-6-13(12)16-10-4-9-15-16/h2-6,9-11H,7-8,14H2,1H3. The third-order valence-corrected chi connectivity index (χ3v) is 2.82. The Labute approximate surface area is 95.9 Å². The molecular weight excluding hydrogens is 198 g/mol. The zero-order chi connectivity index (χ0) is 11.4. The summed E-state index contributed by atoms with van der Waals surface area (Å²) in [7, 11) is 0. The van der Waals surface area contributed by atoms with Crippen LogP contribution in [0.5, 0.6) is 0 Å². The second kappa shape index (κ2) is 4.94. The quantitative estimate of drug-likeness (QED) is 0.850. The van der Waals surface area contributed by atoms with E-state index < -0.39 is 0 Å². The highest BCUT2D eigenvalue weighted by atomic mass is 15.3. The summed E-state index contributed by atoms with van der Waals surface area (Å²) in [5, 5.41) is 4.28. The van der Waals surface area contributed by atoms with E-state index in [0.29, 0.717) is 12.5 Å². The van der Waals surface area contributed by atoms with Gasteiger partial charge in [-0.2, -0.15) is 5.10 Å². The van der Waals surface area contributed by atoms with Crippen molar-refractivity contribution in [1.29, 1.82) is 0 Å². The largest absolute Gasteiger partial charge is 0.330 e. The first kappa shape index (κ1) is 10.9. The molecule has 2 N–H and O–H groups in total. The molecule has 0 spiro atoms. The summed E-state index contributed by atoms with van der Waals surface area (Å²) in [4.78, 5) is 0. The Bertz CT molecular complexity index is 434. The first-order valence-corrected chi connectivity index (χ1v) is 5.62. The summed E-state index contributed by atoms with van der Waals surface area (Å²) in [6.07, 6.45) is 4.76. The average Bonchev–Trinajstić information content (AvgIpc) is 2.83. The van der Waals surface area contributed by atoms with Crippen LogP contribution in [0.2, 0.25) is 0 Å². The molecule has 2 rings (SSSR count). The molecule has 1 aromatic carbocycles. The highest BCUT2D eigenvalue weighted by molar-refractivity contribution is 5.42. The molecular formula is C13H17N3. The second-order valence-electron chi connectivity index (χ2n) is 3.99. The van der Waals surface area contributed by atoms with E-state index in [1.807, 2.05) is 23.0 Å². The monoisotopic (exact) mass is 215 g/mol. The average molecular weight is 215 g/mol. The third-order valence-electron chi connectivity index (χ3n) is 2.82. The number of nitrogens with two attached hydrogens (primary N) is 1. The summed E-state index contributed by atoms with van der Waals surface area (Å²) in [6, 6.07) is 10.3. The summed E-state index contributed by atoms with van der Waals surface area (Å²) < 4.78 is 1.91. The van der Waals surface area contributed by atoms with Crippen molar-refractivity contribution in [1.82, 2.24) is 9.78 Å². The van der Waals surface area contributed by atoms with Gasteiger partial charge < -0.3 is 5.73 Å². The Kier molecular flexibility index (Phi) is 3.37. The van der Waals surface area contributed by atoms with Gasteiger partial charge in [0, 0.05) is 12.4 Å². The molecule has 0 amide bonds.